The number of rotatable bonds is 11. The van der Waals surface area contributed by atoms with E-state index < -0.39 is 72.1 Å². The Kier molecular flexibility index (Phi) is 14.6. The quantitative estimate of drug-likeness (QED) is 0.0646. The van der Waals surface area contributed by atoms with Gasteiger partial charge >= 0.3 is 0 Å². The number of carbonyl (C=O) groups excluding carboxylic acids is 7. The number of guanidine groups is 1. The van der Waals surface area contributed by atoms with E-state index in [4.69, 9.17) is 17.2 Å². The van der Waals surface area contributed by atoms with E-state index >= 15 is 0 Å². The molecular weight excluding hydrogens is 540 g/mol. The van der Waals surface area contributed by atoms with Crippen LogP contribution in [0, 0.1) is 0 Å². The molecule has 230 valence electrons. The van der Waals surface area contributed by atoms with Crippen molar-refractivity contribution in [2.24, 2.45) is 22.2 Å². The molecule has 0 aromatic heterocycles. The van der Waals surface area contributed by atoms with Crippen molar-refractivity contribution in [3.8, 4) is 0 Å². The molecular formula is C24H42N10O7. The molecule has 5 atom stereocenters. The molecule has 0 saturated carbocycles. The van der Waals surface area contributed by atoms with Gasteiger partial charge in [0.05, 0.1) is 6.42 Å². The predicted molar refractivity (Wildman–Crippen MR) is 147 cm³/mol. The van der Waals surface area contributed by atoms with Crippen LogP contribution in [0.25, 0.3) is 0 Å². The highest BCUT2D eigenvalue weighted by molar-refractivity contribution is 5.98. The van der Waals surface area contributed by atoms with Crippen molar-refractivity contribution in [1.82, 2.24) is 31.9 Å². The van der Waals surface area contributed by atoms with E-state index in [-0.39, 0.29) is 31.3 Å². The third kappa shape index (κ3) is 13.5. The molecule has 0 aliphatic carbocycles. The zero-order chi connectivity index (χ0) is 31.1. The van der Waals surface area contributed by atoms with Crippen molar-refractivity contribution in [3.05, 3.63) is 0 Å². The molecule has 1 saturated heterocycles. The van der Waals surface area contributed by atoms with Gasteiger partial charge < -0.3 is 49.1 Å². The molecule has 12 N–H and O–H groups in total. The average Bonchev–Trinajstić information content (AvgIpc) is 2.87. The third-order valence-electron chi connectivity index (χ3n) is 6.05. The maximum Gasteiger partial charge on any atom is 0.243 e. The lowest BCUT2D eigenvalue weighted by molar-refractivity contribution is -0.135. The number of nitrogens with zero attached hydrogens (tertiary/aromatic N) is 1. The van der Waals surface area contributed by atoms with Crippen molar-refractivity contribution < 1.29 is 33.6 Å². The van der Waals surface area contributed by atoms with Crippen LogP contribution < -0.4 is 49.1 Å². The molecule has 1 aliphatic heterocycles. The van der Waals surface area contributed by atoms with Crippen molar-refractivity contribution in [3.63, 3.8) is 0 Å². The molecule has 0 spiro atoms. The smallest absolute Gasteiger partial charge is 0.243 e. The second-order valence-corrected chi connectivity index (χ2v) is 9.74. The first-order valence-corrected chi connectivity index (χ1v) is 13.3. The first kappa shape index (κ1) is 34.6. The van der Waals surface area contributed by atoms with Gasteiger partial charge in [-0.2, -0.15) is 0 Å². The van der Waals surface area contributed by atoms with Gasteiger partial charge in [-0.25, -0.2) is 0 Å². The lowest BCUT2D eigenvalue weighted by atomic mass is 10.1. The summed E-state index contributed by atoms with van der Waals surface area (Å²) in [6, 6.07) is -5.98. The highest BCUT2D eigenvalue weighted by Crippen LogP contribution is 2.06. The lowest BCUT2D eigenvalue weighted by Crippen LogP contribution is -2.57. The van der Waals surface area contributed by atoms with Gasteiger partial charge in [0.25, 0.3) is 0 Å². The minimum absolute atomic E-state index is 0.102. The number of hydrogen-bond donors (Lipinski definition) is 9. The number of hydrogen-bond acceptors (Lipinski definition) is 8. The highest BCUT2D eigenvalue weighted by atomic mass is 16.2. The van der Waals surface area contributed by atoms with Gasteiger partial charge in [-0.3, -0.25) is 38.6 Å². The van der Waals surface area contributed by atoms with Crippen LogP contribution in [0.15, 0.2) is 4.99 Å². The Morgan fingerprint density at radius 3 is 1.66 bits per heavy atom. The Hall–Kier alpha value is -4.44. The van der Waals surface area contributed by atoms with E-state index in [9.17, 15) is 33.6 Å². The largest absolute Gasteiger partial charge is 0.370 e. The minimum atomic E-state index is -1.44. The second-order valence-electron chi connectivity index (χ2n) is 9.74. The molecule has 1 aliphatic rings. The normalized spacial score (nSPS) is 24.3. The fourth-order valence-corrected chi connectivity index (χ4v) is 3.81. The first-order valence-electron chi connectivity index (χ1n) is 13.3. The standard InChI is InChI=1S/C24H42N10O7/c1-12-19(37)32-16(8-6-10-29-24(26)27)22(40)31-13(2)20(38)34-17(11-18(25)36)23(41)33-15(21(39)30-12)7-4-5-9-28-14(3)35/h12-13,15-17H,4-11H2,1-3H3,(H2,25,36)(H,28,35)(H,30,39)(H,31,40)(H,32,37)(H,33,41)(H,34,38)(H4,26,27,29)/t12-,13-,15-,16-,17-/m0/s1. The Labute approximate surface area is 237 Å². The lowest BCUT2D eigenvalue weighted by Gasteiger charge is -2.24. The topological polar surface area (TPSA) is 282 Å². The molecule has 17 nitrogen and oxygen atoms in total. The summed E-state index contributed by atoms with van der Waals surface area (Å²) in [5.74, 6) is -5.00. The van der Waals surface area contributed by atoms with Crippen LogP contribution in [-0.4, -0.2) is 90.6 Å². The van der Waals surface area contributed by atoms with E-state index in [0.29, 0.717) is 25.8 Å². The molecule has 0 aromatic carbocycles. The van der Waals surface area contributed by atoms with Gasteiger partial charge in [-0.15, -0.1) is 0 Å². The number of unbranched alkanes of at least 4 members (excludes halogenated alkanes) is 1. The van der Waals surface area contributed by atoms with Crippen molar-refractivity contribution in [2.45, 2.75) is 89.5 Å². The zero-order valence-electron chi connectivity index (χ0n) is 23.6. The number of primary amides is 1. The summed E-state index contributed by atoms with van der Waals surface area (Å²) in [6.45, 7) is 4.65. The molecule has 17 heteroatoms. The van der Waals surface area contributed by atoms with Crippen LogP contribution in [0.3, 0.4) is 0 Å². The Morgan fingerprint density at radius 1 is 0.707 bits per heavy atom. The number of carbonyl (C=O) groups is 7. The van der Waals surface area contributed by atoms with E-state index in [1.54, 1.807) is 0 Å². The summed E-state index contributed by atoms with van der Waals surface area (Å²) in [4.78, 5) is 91.5. The maximum atomic E-state index is 13.1. The Morgan fingerprint density at radius 2 is 1.17 bits per heavy atom. The molecule has 0 aromatic rings. The van der Waals surface area contributed by atoms with E-state index in [2.05, 4.69) is 36.9 Å². The van der Waals surface area contributed by atoms with Gasteiger partial charge in [-0.05, 0) is 46.0 Å². The summed E-state index contributed by atoms with van der Waals surface area (Å²) >= 11 is 0. The summed E-state index contributed by atoms with van der Waals surface area (Å²) in [7, 11) is 0. The summed E-state index contributed by atoms with van der Waals surface area (Å²) in [6.07, 6.45) is 0.844. The summed E-state index contributed by atoms with van der Waals surface area (Å²) in [5, 5.41) is 15.1. The number of amides is 7. The number of nitrogens with two attached hydrogens (primary N) is 3. The van der Waals surface area contributed by atoms with E-state index in [1.807, 2.05) is 0 Å². The van der Waals surface area contributed by atoms with Crippen molar-refractivity contribution in [1.29, 1.82) is 0 Å². The van der Waals surface area contributed by atoms with Crippen LogP contribution in [-0.2, 0) is 33.6 Å². The van der Waals surface area contributed by atoms with Crippen LogP contribution in [0.5, 0.6) is 0 Å². The summed E-state index contributed by atoms with van der Waals surface area (Å²) < 4.78 is 0. The van der Waals surface area contributed by atoms with Crippen molar-refractivity contribution >= 4 is 47.3 Å². The van der Waals surface area contributed by atoms with Gasteiger partial charge in [0.15, 0.2) is 5.96 Å². The summed E-state index contributed by atoms with van der Waals surface area (Å²) in [5.41, 5.74) is 15.9. The number of aliphatic imine (C=N–C) groups is 1. The highest BCUT2D eigenvalue weighted by Gasteiger charge is 2.32. The maximum absolute atomic E-state index is 13.1. The first-order chi connectivity index (χ1) is 19.2. The minimum Gasteiger partial charge on any atom is -0.370 e. The molecule has 7 amide bonds. The fourth-order valence-electron chi connectivity index (χ4n) is 3.81. The molecule has 1 fully saturated rings. The van der Waals surface area contributed by atoms with E-state index in [1.165, 1.54) is 20.8 Å². The molecule has 1 rings (SSSR count). The molecule has 41 heavy (non-hydrogen) atoms. The average molecular weight is 583 g/mol. The molecule has 1 heterocycles. The van der Waals surface area contributed by atoms with Crippen molar-refractivity contribution in [2.75, 3.05) is 13.1 Å². The Bertz CT molecular complexity index is 1010. The van der Waals surface area contributed by atoms with E-state index in [0.717, 1.165) is 0 Å². The Balaban J connectivity index is 3.25. The van der Waals surface area contributed by atoms with Crippen LogP contribution in [0.2, 0.25) is 0 Å². The van der Waals surface area contributed by atoms with Gasteiger partial charge in [0.1, 0.15) is 30.2 Å². The van der Waals surface area contributed by atoms with Crippen LogP contribution in [0.1, 0.15) is 59.3 Å². The second kappa shape index (κ2) is 17.3. The third-order valence-corrected chi connectivity index (χ3v) is 6.05. The van der Waals surface area contributed by atoms with Crippen LogP contribution in [0.4, 0.5) is 0 Å². The molecule has 0 unspecified atom stereocenters. The van der Waals surface area contributed by atoms with Gasteiger partial charge in [0.2, 0.25) is 41.4 Å². The zero-order valence-corrected chi connectivity index (χ0v) is 23.6. The van der Waals surface area contributed by atoms with Gasteiger partial charge in [0, 0.05) is 20.0 Å². The van der Waals surface area contributed by atoms with Gasteiger partial charge in [-0.1, -0.05) is 0 Å². The number of nitrogens with one attached hydrogen (secondary N) is 6. The monoisotopic (exact) mass is 582 g/mol. The molecule has 0 bridgehead atoms. The SMILES string of the molecule is CC(=O)NCCCC[C@@H]1NC(=O)[C@H](CC(N)=O)NC(=O)[C@H](C)NC(=O)[C@H](CCCN=C(N)N)NC(=O)[C@H](C)NC1=O. The predicted octanol–water partition coefficient (Wildman–Crippen LogP) is -4.30. The fraction of sp³-hybridized carbons (Fsp3) is 0.667. The van der Waals surface area contributed by atoms with Crippen LogP contribution >= 0.6 is 0 Å². The molecule has 0 radical (unpaired) electrons.